The van der Waals surface area contributed by atoms with E-state index in [1.807, 2.05) is 32.1 Å². The molecule has 0 atom stereocenters. The fourth-order valence-electron chi connectivity index (χ4n) is 1.40. The van der Waals surface area contributed by atoms with E-state index < -0.39 is 0 Å². The van der Waals surface area contributed by atoms with E-state index in [-0.39, 0.29) is 0 Å². The van der Waals surface area contributed by atoms with Crippen LogP contribution in [0, 0.1) is 6.92 Å². The van der Waals surface area contributed by atoms with Gasteiger partial charge in [-0.3, -0.25) is 4.99 Å². The van der Waals surface area contributed by atoms with Crippen molar-refractivity contribution in [1.29, 1.82) is 0 Å². The summed E-state index contributed by atoms with van der Waals surface area (Å²) in [6.45, 7) is 9.84. The van der Waals surface area contributed by atoms with Gasteiger partial charge >= 0.3 is 0 Å². The van der Waals surface area contributed by atoms with Crippen molar-refractivity contribution >= 4 is 5.71 Å². The Morgan fingerprint density at radius 3 is 2.41 bits per heavy atom. The molecule has 0 aliphatic carbocycles. The van der Waals surface area contributed by atoms with Gasteiger partial charge in [-0.05, 0) is 38.5 Å². The Morgan fingerprint density at radius 1 is 1.24 bits per heavy atom. The summed E-state index contributed by atoms with van der Waals surface area (Å²) in [5, 5.41) is 0. The lowest BCUT2D eigenvalue weighted by Gasteiger charge is -2.02. The first-order chi connectivity index (χ1) is 8.17. The fraction of sp³-hybridized carbons (Fsp3) is 0.188. The molecule has 1 nitrogen and oxygen atoms in total. The lowest BCUT2D eigenvalue weighted by atomic mass is 10.1. The molecule has 0 spiro atoms. The third-order valence-corrected chi connectivity index (χ3v) is 2.43. The van der Waals surface area contributed by atoms with Crippen LogP contribution in [0.25, 0.3) is 0 Å². The van der Waals surface area contributed by atoms with Gasteiger partial charge < -0.3 is 0 Å². The third-order valence-electron chi connectivity index (χ3n) is 2.43. The number of benzene rings is 1. The highest BCUT2D eigenvalue weighted by Crippen LogP contribution is 2.08. The number of aryl methyl sites for hydroxylation is 1. The molecule has 0 fully saturated rings. The Balaban J connectivity index is 2.98. The van der Waals surface area contributed by atoms with Gasteiger partial charge in [0.15, 0.2) is 0 Å². The first-order valence-electron chi connectivity index (χ1n) is 5.75. The van der Waals surface area contributed by atoms with E-state index in [9.17, 15) is 0 Å². The zero-order chi connectivity index (χ0) is 12.7. The van der Waals surface area contributed by atoms with Gasteiger partial charge in [-0.1, -0.05) is 48.6 Å². The number of aliphatic imine (C=N–C) groups is 1. The van der Waals surface area contributed by atoms with Crippen LogP contribution in [-0.2, 0) is 0 Å². The minimum Gasteiger partial charge on any atom is -0.253 e. The van der Waals surface area contributed by atoms with Crippen LogP contribution in [0.3, 0.4) is 0 Å². The predicted octanol–water partition coefficient (Wildman–Crippen LogP) is 4.45. The van der Waals surface area contributed by atoms with E-state index >= 15 is 0 Å². The average Bonchev–Trinajstić information content (AvgIpc) is 2.35. The molecule has 0 saturated heterocycles. The molecule has 1 heteroatoms. The zero-order valence-corrected chi connectivity index (χ0v) is 10.8. The molecular formula is C16H19N. The van der Waals surface area contributed by atoms with Crippen molar-refractivity contribution in [3.63, 3.8) is 0 Å². The van der Waals surface area contributed by atoms with Gasteiger partial charge in [-0.2, -0.15) is 0 Å². The summed E-state index contributed by atoms with van der Waals surface area (Å²) in [5.74, 6) is 0. The van der Waals surface area contributed by atoms with Crippen molar-refractivity contribution in [2.24, 2.45) is 4.99 Å². The molecule has 0 aliphatic heterocycles. The second-order valence-corrected chi connectivity index (χ2v) is 3.88. The average molecular weight is 225 g/mol. The monoisotopic (exact) mass is 225 g/mol. The van der Waals surface area contributed by atoms with Crippen molar-refractivity contribution in [3.8, 4) is 0 Å². The van der Waals surface area contributed by atoms with Crippen LogP contribution < -0.4 is 0 Å². The van der Waals surface area contributed by atoms with Crippen LogP contribution in [0.5, 0.6) is 0 Å². The Labute approximate surface area is 104 Å². The molecule has 0 unspecified atom stereocenters. The Hall–Kier alpha value is -1.89. The second-order valence-electron chi connectivity index (χ2n) is 3.88. The number of hydrogen-bond acceptors (Lipinski definition) is 1. The second kappa shape index (κ2) is 6.64. The fourth-order valence-corrected chi connectivity index (χ4v) is 1.40. The lowest BCUT2D eigenvalue weighted by molar-refractivity contribution is 1.38. The van der Waals surface area contributed by atoms with E-state index in [1.54, 1.807) is 6.08 Å². The molecule has 0 bridgehead atoms. The van der Waals surface area contributed by atoms with Gasteiger partial charge in [0.1, 0.15) is 0 Å². The minimum atomic E-state index is 0.876. The Kier molecular flexibility index (Phi) is 5.15. The highest BCUT2D eigenvalue weighted by Gasteiger charge is 1.97. The molecule has 0 aromatic heterocycles. The van der Waals surface area contributed by atoms with Crippen LogP contribution >= 0.6 is 0 Å². The summed E-state index contributed by atoms with van der Waals surface area (Å²) in [7, 11) is 0. The Bertz CT molecular complexity index is 459. The summed E-state index contributed by atoms with van der Waals surface area (Å²) in [5.41, 5.74) is 4.28. The molecular weight excluding hydrogens is 206 g/mol. The molecule has 1 aromatic carbocycles. The van der Waals surface area contributed by atoms with Crippen molar-refractivity contribution in [2.75, 3.05) is 0 Å². The van der Waals surface area contributed by atoms with Gasteiger partial charge in [0.2, 0.25) is 0 Å². The molecule has 0 amide bonds. The molecule has 0 saturated carbocycles. The van der Waals surface area contributed by atoms with Crippen molar-refractivity contribution in [2.45, 2.75) is 20.8 Å². The SMILES string of the molecule is C=C/C(=C\C=C/C)N=C(C)c1ccc(C)cc1. The normalized spacial score (nSPS) is 13.1. The summed E-state index contributed by atoms with van der Waals surface area (Å²) in [6.07, 6.45) is 7.64. The predicted molar refractivity (Wildman–Crippen MR) is 76.5 cm³/mol. The van der Waals surface area contributed by atoms with Gasteiger partial charge in [-0.15, -0.1) is 0 Å². The smallest absolute Gasteiger partial charge is 0.0627 e. The lowest BCUT2D eigenvalue weighted by Crippen LogP contribution is -1.94. The van der Waals surface area contributed by atoms with Gasteiger partial charge in [0, 0.05) is 5.71 Å². The molecule has 0 radical (unpaired) electrons. The van der Waals surface area contributed by atoms with Crippen molar-refractivity contribution in [3.05, 3.63) is 72.0 Å². The molecule has 1 rings (SSSR count). The molecule has 88 valence electrons. The Morgan fingerprint density at radius 2 is 1.88 bits per heavy atom. The highest BCUT2D eigenvalue weighted by atomic mass is 14.7. The molecule has 0 aliphatic rings. The van der Waals surface area contributed by atoms with Gasteiger partial charge in [-0.25, -0.2) is 0 Å². The summed E-state index contributed by atoms with van der Waals surface area (Å²) in [6, 6.07) is 8.37. The molecule has 17 heavy (non-hydrogen) atoms. The van der Waals surface area contributed by atoms with Crippen LogP contribution in [0.2, 0.25) is 0 Å². The summed E-state index contributed by atoms with van der Waals surface area (Å²) >= 11 is 0. The van der Waals surface area contributed by atoms with E-state index in [1.165, 1.54) is 5.56 Å². The number of nitrogens with zero attached hydrogens (tertiary/aromatic N) is 1. The van der Waals surface area contributed by atoms with Crippen molar-refractivity contribution < 1.29 is 0 Å². The zero-order valence-electron chi connectivity index (χ0n) is 10.8. The van der Waals surface area contributed by atoms with E-state index in [2.05, 4.69) is 42.8 Å². The van der Waals surface area contributed by atoms with Gasteiger partial charge in [0.05, 0.1) is 5.70 Å². The van der Waals surface area contributed by atoms with E-state index in [0.717, 1.165) is 17.0 Å². The maximum Gasteiger partial charge on any atom is 0.0627 e. The number of allylic oxidation sites excluding steroid dienone is 4. The highest BCUT2D eigenvalue weighted by molar-refractivity contribution is 5.99. The number of rotatable bonds is 4. The largest absolute Gasteiger partial charge is 0.253 e. The third kappa shape index (κ3) is 4.23. The van der Waals surface area contributed by atoms with Gasteiger partial charge in [0.25, 0.3) is 0 Å². The maximum atomic E-state index is 4.54. The van der Waals surface area contributed by atoms with Crippen LogP contribution in [0.4, 0.5) is 0 Å². The quantitative estimate of drug-likeness (QED) is 0.530. The topological polar surface area (TPSA) is 12.4 Å². The standard InChI is InChI=1S/C16H19N/c1-5-7-8-16(6-2)17-14(4)15-11-9-13(3)10-12-15/h5-12H,2H2,1,3-4H3/b7-5-,16-8+,17-14?. The minimum absolute atomic E-state index is 0.876. The summed E-state index contributed by atoms with van der Waals surface area (Å²) in [4.78, 5) is 4.54. The maximum absolute atomic E-state index is 4.54. The van der Waals surface area contributed by atoms with Crippen molar-refractivity contribution in [1.82, 2.24) is 0 Å². The summed E-state index contributed by atoms with van der Waals surface area (Å²) < 4.78 is 0. The molecule has 1 aromatic rings. The van der Waals surface area contributed by atoms with E-state index in [0.29, 0.717) is 0 Å². The molecule has 0 heterocycles. The molecule has 0 N–H and O–H groups in total. The first kappa shape index (κ1) is 13.2. The van der Waals surface area contributed by atoms with E-state index in [4.69, 9.17) is 0 Å². The first-order valence-corrected chi connectivity index (χ1v) is 5.75. The van der Waals surface area contributed by atoms with Crippen LogP contribution in [0.1, 0.15) is 25.0 Å². The van der Waals surface area contributed by atoms with Crippen LogP contribution in [0.15, 0.2) is 65.8 Å². The number of hydrogen-bond donors (Lipinski definition) is 0. The van der Waals surface area contributed by atoms with Crippen LogP contribution in [-0.4, -0.2) is 5.71 Å².